The van der Waals surface area contributed by atoms with E-state index in [-0.39, 0.29) is 5.56 Å². The number of rotatable bonds is 7. The molecule has 0 fully saturated rings. The van der Waals surface area contributed by atoms with Crippen LogP contribution in [0, 0.1) is 0 Å². The lowest BCUT2D eigenvalue weighted by atomic mass is 10.1. The van der Waals surface area contributed by atoms with E-state index in [9.17, 15) is 9.90 Å². The summed E-state index contributed by atoms with van der Waals surface area (Å²) < 4.78 is 10.8. The minimum atomic E-state index is -1.02. The van der Waals surface area contributed by atoms with Gasteiger partial charge >= 0.3 is 5.97 Å². The number of hydrogen-bond donors (Lipinski definition) is 2. The van der Waals surface area contributed by atoms with Gasteiger partial charge in [0, 0.05) is 5.69 Å². The average molecular weight is 349 g/mol. The van der Waals surface area contributed by atoms with Crippen LogP contribution in [-0.4, -0.2) is 18.2 Å². The van der Waals surface area contributed by atoms with Crippen LogP contribution in [0.15, 0.2) is 72.8 Å². The molecule has 0 aromatic heterocycles. The van der Waals surface area contributed by atoms with E-state index in [4.69, 9.17) is 9.47 Å². The number of methoxy groups -OCH3 is 1. The zero-order valence-corrected chi connectivity index (χ0v) is 14.3. The molecular weight excluding hydrogens is 330 g/mol. The summed E-state index contributed by atoms with van der Waals surface area (Å²) in [6, 6.07) is 22.2. The fourth-order valence-electron chi connectivity index (χ4n) is 2.47. The van der Waals surface area contributed by atoms with E-state index >= 15 is 0 Å². The van der Waals surface area contributed by atoms with Gasteiger partial charge in [0.2, 0.25) is 0 Å². The lowest BCUT2D eigenvalue weighted by Crippen LogP contribution is -2.03. The lowest BCUT2D eigenvalue weighted by Gasteiger charge is -2.12. The zero-order valence-electron chi connectivity index (χ0n) is 14.3. The standard InChI is InChI=1S/C21H19NO4/c1-25-18-11-12-20(19(13-18)21(23)24)22-16-7-9-17(10-8-16)26-14-15-5-3-2-4-6-15/h2-13,22H,14H2,1H3,(H,23,24). The summed E-state index contributed by atoms with van der Waals surface area (Å²) in [5, 5.41) is 12.5. The Balaban J connectivity index is 1.68. The number of carbonyl (C=O) groups is 1. The molecule has 0 atom stereocenters. The van der Waals surface area contributed by atoms with Crippen LogP contribution >= 0.6 is 0 Å². The summed E-state index contributed by atoms with van der Waals surface area (Å²) in [6.45, 7) is 0.495. The molecule has 3 aromatic carbocycles. The molecule has 0 saturated heterocycles. The van der Waals surface area contributed by atoms with Crippen molar-refractivity contribution in [3.8, 4) is 11.5 Å². The molecule has 132 valence electrons. The topological polar surface area (TPSA) is 67.8 Å². The summed E-state index contributed by atoms with van der Waals surface area (Å²) in [7, 11) is 1.50. The third-order valence-electron chi connectivity index (χ3n) is 3.84. The van der Waals surface area contributed by atoms with Crippen LogP contribution in [0.4, 0.5) is 11.4 Å². The fourth-order valence-corrected chi connectivity index (χ4v) is 2.47. The summed E-state index contributed by atoms with van der Waals surface area (Å²) in [5.41, 5.74) is 2.51. The number of ether oxygens (including phenoxy) is 2. The van der Waals surface area contributed by atoms with Crippen molar-refractivity contribution < 1.29 is 19.4 Å². The van der Waals surface area contributed by atoms with Crippen molar-refractivity contribution in [1.82, 2.24) is 0 Å². The van der Waals surface area contributed by atoms with Gasteiger partial charge in [0.15, 0.2) is 0 Å². The number of carboxylic acids is 1. The molecule has 0 aliphatic carbocycles. The third-order valence-corrected chi connectivity index (χ3v) is 3.84. The van der Waals surface area contributed by atoms with Crippen molar-refractivity contribution in [3.63, 3.8) is 0 Å². The largest absolute Gasteiger partial charge is 0.497 e. The molecule has 0 bridgehead atoms. The first kappa shape index (κ1) is 17.4. The summed E-state index contributed by atoms with van der Waals surface area (Å²) in [5.74, 6) is 0.222. The van der Waals surface area contributed by atoms with Crippen LogP contribution in [0.25, 0.3) is 0 Å². The van der Waals surface area contributed by atoms with Gasteiger partial charge in [-0.05, 0) is 48.0 Å². The predicted octanol–water partition coefficient (Wildman–Crippen LogP) is 4.72. The van der Waals surface area contributed by atoms with E-state index in [0.29, 0.717) is 18.0 Å². The molecule has 3 aromatic rings. The SMILES string of the molecule is COc1ccc(Nc2ccc(OCc3ccccc3)cc2)c(C(=O)O)c1. The highest BCUT2D eigenvalue weighted by Crippen LogP contribution is 2.26. The smallest absolute Gasteiger partial charge is 0.337 e. The maximum atomic E-state index is 11.4. The van der Waals surface area contributed by atoms with E-state index in [1.807, 2.05) is 54.6 Å². The van der Waals surface area contributed by atoms with E-state index in [2.05, 4.69) is 5.32 Å². The Morgan fingerprint density at radius 3 is 2.31 bits per heavy atom. The minimum Gasteiger partial charge on any atom is -0.497 e. The second kappa shape index (κ2) is 8.07. The molecule has 5 heteroatoms. The fraction of sp³-hybridized carbons (Fsp3) is 0.0952. The molecule has 0 radical (unpaired) electrons. The molecule has 26 heavy (non-hydrogen) atoms. The molecule has 0 aliphatic heterocycles. The highest BCUT2D eigenvalue weighted by molar-refractivity contribution is 5.95. The van der Waals surface area contributed by atoms with Gasteiger partial charge in [-0.2, -0.15) is 0 Å². The van der Waals surface area contributed by atoms with Gasteiger partial charge in [-0.1, -0.05) is 30.3 Å². The van der Waals surface area contributed by atoms with Gasteiger partial charge in [0.1, 0.15) is 18.1 Å². The molecular formula is C21H19NO4. The van der Waals surface area contributed by atoms with Crippen LogP contribution in [0.3, 0.4) is 0 Å². The van der Waals surface area contributed by atoms with Crippen molar-refractivity contribution in [3.05, 3.63) is 83.9 Å². The predicted molar refractivity (Wildman–Crippen MR) is 100 cm³/mol. The van der Waals surface area contributed by atoms with Crippen LogP contribution < -0.4 is 14.8 Å². The first-order valence-corrected chi connectivity index (χ1v) is 8.11. The Morgan fingerprint density at radius 1 is 0.962 bits per heavy atom. The van der Waals surface area contributed by atoms with Crippen molar-refractivity contribution in [1.29, 1.82) is 0 Å². The Hall–Kier alpha value is -3.47. The van der Waals surface area contributed by atoms with Gasteiger partial charge in [0.25, 0.3) is 0 Å². The number of aromatic carboxylic acids is 1. The first-order valence-electron chi connectivity index (χ1n) is 8.11. The van der Waals surface area contributed by atoms with Crippen molar-refractivity contribution in [2.45, 2.75) is 6.61 Å². The first-order chi connectivity index (χ1) is 12.7. The van der Waals surface area contributed by atoms with Gasteiger partial charge < -0.3 is 19.9 Å². The zero-order chi connectivity index (χ0) is 18.4. The number of anilines is 2. The number of nitrogens with one attached hydrogen (secondary N) is 1. The van der Waals surface area contributed by atoms with Gasteiger partial charge in [0.05, 0.1) is 18.4 Å². The van der Waals surface area contributed by atoms with E-state index in [1.165, 1.54) is 13.2 Å². The molecule has 3 rings (SSSR count). The van der Waals surface area contributed by atoms with Gasteiger partial charge in [-0.3, -0.25) is 0 Å². The molecule has 0 unspecified atom stereocenters. The van der Waals surface area contributed by atoms with Gasteiger partial charge in [-0.25, -0.2) is 4.79 Å². The third kappa shape index (κ3) is 4.33. The van der Waals surface area contributed by atoms with E-state index in [1.54, 1.807) is 12.1 Å². The Labute approximate surface area is 151 Å². The molecule has 0 spiro atoms. The Bertz CT molecular complexity index is 876. The van der Waals surface area contributed by atoms with Crippen molar-refractivity contribution in [2.24, 2.45) is 0 Å². The Kier molecular flexibility index (Phi) is 5.39. The molecule has 0 aliphatic rings. The molecule has 5 nitrogen and oxygen atoms in total. The quantitative estimate of drug-likeness (QED) is 0.646. The highest BCUT2D eigenvalue weighted by Gasteiger charge is 2.11. The number of hydrogen-bond acceptors (Lipinski definition) is 4. The van der Waals surface area contributed by atoms with Crippen molar-refractivity contribution >= 4 is 17.3 Å². The summed E-state index contributed by atoms with van der Waals surface area (Å²) in [4.78, 5) is 11.4. The van der Waals surface area contributed by atoms with Crippen LogP contribution in [0.2, 0.25) is 0 Å². The summed E-state index contributed by atoms with van der Waals surface area (Å²) >= 11 is 0. The average Bonchev–Trinajstić information content (AvgIpc) is 2.68. The maximum absolute atomic E-state index is 11.4. The van der Waals surface area contributed by atoms with E-state index in [0.717, 1.165) is 17.0 Å². The normalized spacial score (nSPS) is 10.2. The maximum Gasteiger partial charge on any atom is 0.337 e. The highest BCUT2D eigenvalue weighted by atomic mass is 16.5. The van der Waals surface area contributed by atoms with Crippen LogP contribution in [-0.2, 0) is 6.61 Å². The number of carboxylic acid groups (broad SMARTS) is 1. The van der Waals surface area contributed by atoms with Crippen LogP contribution in [0.5, 0.6) is 11.5 Å². The second-order valence-corrected chi connectivity index (χ2v) is 5.64. The second-order valence-electron chi connectivity index (χ2n) is 5.64. The van der Waals surface area contributed by atoms with Gasteiger partial charge in [-0.15, -0.1) is 0 Å². The van der Waals surface area contributed by atoms with Crippen LogP contribution in [0.1, 0.15) is 15.9 Å². The van der Waals surface area contributed by atoms with Crippen molar-refractivity contribution in [2.75, 3.05) is 12.4 Å². The monoisotopic (exact) mass is 349 g/mol. The molecule has 2 N–H and O–H groups in total. The minimum absolute atomic E-state index is 0.147. The Morgan fingerprint density at radius 2 is 1.65 bits per heavy atom. The van der Waals surface area contributed by atoms with E-state index < -0.39 is 5.97 Å². The molecule has 0 saturated carbocycles. The number of benzene rings is 3. The molecule has 0 amide bonds. The molecule has 0 heterocycles. The summed E-state index contributed by atoms with van der Waals surface area (Å²) in [6.07, 6.45) is 0. The lowest BCUT2D eigenvalue weighted by molar-refractivity contribution is 0.0697.